The van der Waals surface area contributed by atoms with Crippen molar-refractivity contribution in [2.75, 3.05) is 0 Å². The third kappa shape index (κ3) is 5.65. The summed E-state index contributed by atoms with van der Waals surface area (Å²) in [6, 6.07) is 15.9. The maximum Gasteiger partial charge on any atom is 0.263 e. The van der Waals surface area contributed by atoms with Gasteiger partial charge in [-0.1, -0.05) is 54.1 Å². The van der Waals surface area contributed by atoms with Gasteiger partial charge in [0.15, 0.2) is 0 Å². The fourth-order valence-electron chi connectivity index (χ4n) is 2.46. The van der Waals surface area contributed by atoms with Crippen molar-refractivity contribution in [1.29, 1.82) is 0 Å². The molecule has 0 spiro atoms. The zero-order valence-corrected chi connectivity index (χ0v) is 15.1. The van der Waals surface area contributed by atoms with Crippen molar-refractivity contribution in [1.82, 2.24) is 16.3 Å². The molecule has 2 aromatic carbocycles. The van der Waals surface area contributed by atoms with Crippen LogP contribution in [-0.4, -0.2) is 29.9 Å². The van der Waals surface area contributed by atoms with Crippen LogP contribution >= 0.6 is 11.6 Å². The van der Waals surface area contributed by atoms with Gasteiger partial charge in [0.25, 0.3) is 5.91 Å². The lowest BCUT2D eigenvalue weighted by atomic mass is 10.1. The fraction of sp³-hybridized carbons (Fsp3) is 0.158. The molecule has 0 aliphatic carbocycles. The lowest BCUT2D eigenvalue weighted by Gasteiger charge is -2.21. The normalized spacial score (nSPS) is 16.4. The Kier molecular flexibility index (Phi) is 6.17. The van der Waals surface area contributed by atoms with Gasteiger partial charge in [0.05, 0.1) is 12.6 Å². The van der Waals surface area contributed by atoms with Crippen molar-refractivity contribution in [3.05, 3.63) is 70.7 Å². The summed E-state index contributed by atoms with van der Waals surface area (Å²) in [6.07, 6.45) is 1.94. The number of benzene rings is 2. The van der Waals surface area contributed by atoms with Gasteiger partial charge in [0.2, 0.25) is 5.91 Å². The molecule has 0 saturated heterocycles. The third-order valence-electron chi connectivity index (χ3n) is 3.81. The van der Waals surface area contributed by atoms with Gasteiger partial charge in [-0.15, -0.1) is 0 Å². The lowest BCUT2D eigenvalue weighted by Crippen LogP contribution is -2.52. The van der Waals surface area contributed by atoms with Gasteiger partial charge in [0, 0.05) is 11.4 Å². The molecule has 1 atom stereocenters. The molecule has 0 fully saturated rings. The van der Waals surface area contributed by atoms with Crippen molar-refractivity contribution in [2.45, 2.75) is 18.9 Å². The fourth-order valence-corrected chi connectivity index (χ4v) is 2.59. The van der Waals surface area contributed by atoms with E-state index in [-0.39, 0.29) is 12.3 Å². The average Bonchev–Trinajstić information content (AvgIpc) is 2.67. The number of hydrogen-bond donors (Lipinski definition) is 3. The number of nitrogens with one attached hydrogen (secondary N) is 3. The molecule has 8 heteroatoms. The lowest BCUT2D eigenvalue weighted by molar-refractivity contribution is -0.128. The molecule has 3 N–H and O–H groups in total. The molecule has 1 aliphatic heterocycles. The van der Waals surface area contributed by atoms with Crippen LogP contribution in [0.4, 0.5) is 0 Å². The van der Waals surface area contributed by atoms with Gasteiger partial charge in [0.1, 0.15) is 11.9 Å². The summed E-state index contributed by atoms with van der Waals surface area (Å²) in [7, 11) is 0. The van der Waals surface area contributed by atoms with Crippen LogP contribution in [0.25, 0.3) is 0 Å². The second-order valence-corrected chi connectivity index (χ2v) is 6.35. The molecule has 7 nitrogen and oxygen atoms in total. The van der Waals surface area contributed by atoms with E-state index in [0.717, 1.165) is 11.1 Å². The Bertz CT molecular complexity index is 865. The zero-order valence-electron chi connectivity index (χ0n) is 14.4. The number of hydrazone groups is 1. The van der Waals surface area contributed by atoms with Crippen LogP contribution in [0, 0.1) is 0 Å². The van der Waals surface area contributed by atoms with E-state index in [1.54, 1.807) is 24.3 Å². The number of nitrogens with zero attached hydrogens (tertiary/aromatic N) is 2. The molecule has 1 aliphatic rings. The van der Waals surface area contributed by atoms with Gasteiger partial charge < -0.3 is 0 Å². The van der Waals surface area contributed by atoms with Gasteiger partial charge in [-0.25, -0.2) is 5.43 Å². The van der Waals surface area contributed by atoms with E-state index in [9.17, 15) is 9.59 Å². The molecular weight excluding hydrogens is 366 g/mol. The largest absolute Gasteiger partial charge is 0.285 e. The number of amides is 2. The van der Waals surface area contributed by atoms with Crippen LogP contribution in [0.2, 0.25) is 5.02 Å². The number of aliphatic imine (C=N–C) groups is 1. The maximum atomic E-state index is 12.1. The second-order valence-electron chi connectivity index (χ2n) is 5.92. The molecule has 27 heavy (non-hydrogen) atoms. The van der Waals surface area contributed by atoms with Gasteiger partial charge in [-0.05, 0) is 23.3 Å². The summed E-state index contributed by atoms with van der Waals surface area (Å²) < 4.78 is 0. The SMILES string of the molecule is O=C(C[C@H]1N=C(Cc2ccccc2)NNC1=O)N/N=C\c1ccc(Cl)cc1. The van der Waals surface area contributed by atoms with Crippen LogP contribution < -0.4 is 16.3 Å². The van der Waals surface area contributed by atoms with E-state index in [1.165, 1.54) is 6.21 Å². The summed E-state index contributed by atoms with van der Waals surface area (Å²) in [5.41, 5.74) is 9.56. The van der Waals surface area contributed by atoms with Crippen molar-refractivity contribution in [3.63, 3.8) is 0 Å². The first-order chi connectivity index (χ1) is 13.1. The van der Waals surface area contributed by atoms with Gasteiger partial charge >= 0.3 is 0 Å². The minimum absolute atomic E-state index is 0.0935. The Morgan fingerprint density at radius 1 is 1.15 bits per heavy atom. The molecule has 3 rings (SSSR count). The van der Waals surface area contributed by atoms with Crippen molar-refractivity contribution in [2.24, 2.45) is 10.1 Å². The molecule has 0 bridgehead atoms. The highest BCUT2D eigenvalue weighted by molar-refractivity contribution is 6.30. The Balaban J connectivity index is 1.56. The predicted octanol–water partition coefficient (Wildman–Crippen LogP) is 1.82. The number of carbonyl (C=O) groups is 2. The smallest absolute Gasteiger partial charge is 0.263 e. The van der Waals surface area contributed by atoms with Gasteiger partial charge in [-0.3, -0.25) is 25.4 Å². The molecule has 0 radical (unpaired) electrons. The van der Waals surface area contributed by atoms with E-state index in [4.69, 9.17) is 11.6 Å². The zero-order chi connectivity index (χ0) is 19.1. The summed E-state index contributed by atoms with van der Waals surface area (Å²) >= 11 is 5.81. The molecule has 1 heterocycles. The minimum atomic E-state index is -0.796. The Morgan fingerprint density at radius 2 is 1.89 bits per heavy atom. The first kappa shape index (κ1) is 18.6. The van der Waals surface area contributed by atoms with Crippen molar-refractivity contribution < 1.29 is 9.59 Å². The maximum absolute atomic E-state index is 12.1. The molecular formula is C19H18ClN5O2. The van der Waals surface area contributed by atoms with Crippen molar-refractivity contribution in [3.8, 4) is 0 Å². The molecule has 0 saturated carbocycles. The summed E-state index contributed by atoms with van der Waals surface area (Å²) in [6.45, 7) is 0. The highest BCUT2D eigenvalue weighted by Gasteiger charge is 2.25. The topological polar surface area (TPSA) is 95.0 Å². The van der Waals surface area contributed by atoms with E-state index >= 15 is 0 Å². The minimum Gasteiger partial charge on any atom is -0.285 e. The number of amidine groups is 1. The first-order valence-electron chi connectivity index (χ1n) is 8.34. The number of rotatable bonds is 6. The Labute approximate surface area is 161 Å². The second kappa shape index (κ2) is 8.95. The quantitative estimate of drug-likeness (QED) is 0.524. The first-order valence-corrected chi connectivity index (χ1v) is 8.72. The predicted molar refractivity (Wildman–Crippen MR) is 104 cm³/mol. The van der Waals surface area contributed by atoms with E-state index in [1.807, 2.05) is 30.3 Å². The average molecular weight is 384 g/mol. The van der Waals surface area contributed by atoms with Crippen LogP contribution in [0.1, 0.15) is 17.5 Å². The van der Waals surface area contributed by atoms with E-state index < -0.39 is 11.9 Å². The number of hydrogen-bond acceptors (Lipinski definition) is 5. The van der Waals surface area contributed by atoms with Crippen LogP contribution in [0.3, 0.4) is 0 Å². The molecule has 2 aromatic rings. The Hall–Kier alpha value is -3.19. The molecule has 0 unspecified atom stereocenters. The number of halogens is 1. The van der Waals surface area contributed by atoms with Crippen LogP contribution in [0.5, 0.6) is 0 Å². The summed E-state index contributed by atoms with van der Waals surface area (Å²) in [5, 5.41) is 4.51. The van der Waals surface area contributed by atoms with Crippen molar-refractivity contribution >= 4 is 35.5 Å². The molecule has 0 aromatic heterocycles. The van der Waals surface area contributed by atoms with Crippen LogP contribution in [-0.2, 0) is 16.0 Å². The number of carbonyl (C=O) groups excluding carboxylic acids is 2. The van der Waals surface area contributed by atoms with E-state index in [2.05, 4.69) is 26.4 Å². The van der Waals surface area contributed by atoms with Crippen LogP contribution in [0.15, 0.2) is 64.7 Å². The monoisotopic (exact) mass is 383 g/mol. The third-order valence-corrected chi connectivity index (χ3v) is 4.06. The van der Waals surface area contributed by atoms with E-state index in [0.29, 0.717) is 17.3 Å². The Morgan fingerprint density at radius 3 is 2.63 bits per heavy atom. The molecule has 138 valence electrons. The highest BCUT2D eigenvalue weighted by atomic mass is 35.5. The summed E-state index contributed by atoms with van der Waals surface area (Å²) in [5.74, 6) is -0.156. The van der Waals surface area contributed by atoms with Gasteiger partial charge in [-0.2, -0.15) is 5.10 Å². The highest BCUT2D eigenvalue weighted by Crippen LogP contribution is 2.08. The molecule has 2 amide bonds. The number of hydrazine groups is 1. The standard InChI is InChI=1S/C19H18ClN5O2/c20-15-8-6-14(7-9-15)12-21-24-18(26)11-16-19(27)25-23-17(22-16)10-13-4-2-1-3-5-13/h1-9,12,16H,10-11H2,(H,22,23)(H,24,26)(H,25,27)/b21-12-/t16-/m1/s1. The summed E-state index contributed by atoms with van der Waals surface area (Å²) in [4.78, 5) is 28.3.